The third-order valence-corrected chi connectivity index (χ3v) is 2.42. The first-order chi connectivity index (χ1) is 5.66. The zero-order valence-corrected chi connectivity index (χ0v) is 7.71. The van der Waals surface area contributed by atoms with Gasteiger partial charge in [0, 0.05) is 4.47 Å². The normalized spacial score (nSPS) is 9.83. The van der Waals surface area contributed by atoms with Crippen molar-refractivity contribution in [3.63, 3.8) is 0 Å². The van der Waals surface area contributed by atoms with E-state index < -0.39 is 5.97 Å². The van der Waals surface area contributed by atoms with E-state index in [1.165, 1.54) is 6.07 Å². The fraction of sp³-hybridized carbons (Fsp3) is 0.125. The predicted molar refractivity (Wildman–Crippen MR) is 47.0 cm³/mol. The Kier molecular flexibility index (Phi) is 2.83. The van der Waals surface area contributed by atoms with Crippen LogP contribution in [0.25, 0.3) is 0 Å². The highest BCUT2D eigenvalue weighted by Crippen LogP contribution is 2.21. The molecule has 1 aromatic carbocycles. The quantitative estimate of drug-likeness (QED) is 0.813. The summed E-state index contributed by atoms with van der Waals surface area (Å²) in [6.07, 6.45) is 0. The third kappa shape index (κ3) is 1.65. The third-order valence-electron chi connectivity index (χ3n) is 1.48. The molecule has 1 aromatic rings. The molecule has 0 aliphatic carbocycles. The first-order valence-corrected chi connectivity index (χ1v) is 4.07. The van der Waals surface area contributed by atoms with Gasteiger partial charge < -0.3 is 10.2 Å². The van der Waals surface area contributed by atoms with Crippen LogP contribution in [0.5, 0.6) is 0 Å². The second-order valence-corrected chi connectivity index (χ2v) is 3.03. The summed E-state index contributed by atoms with van der Waals surface area (Å²) in [5.74, 6) is -1.00. The van der Waals surface area contributed by atoms with Crippen LogP contribution in [-0.4, -0.2) is 16.2 Å². The highest BCUT2D eigenvalue weighted by atomic mass is 79.9. The highest BCUT2D eigenvalue weighted by molar-refractivity contribution is 9.10. The van der Waals surface area contributed by atoms with E-state index in [1.807, 2.05) is 0 Å². The predicted octanol–water partition coefficient (Wildman–Crippen LogP) is 1.64. The summed E-state index contributed by atoms with van der Waals surface area (Å²) in [6.45, 7) is -0.165. The van der Waals surface area contributed by atoms with E-state index in [1.54, 1.807) is 12.1 Å². The van der Waals surface area contributed by atoms with Gasteiger partial charge in [0.15, 0.2) is 0 Å². The van der Waals surface area contributed by atoms with Gasteiger partial charge in [-0.15, -0.1) is 0 Å². The van der Waals surface area contributed by atoms with E-state index in [0.717, 1.165) is 0 Å². The largest absolute Gasteiger partial charge is 0.478 e. The van der Waals surface area contributed by atoms with E-state index >= 15 is 0 Å². The van der Waals surface area contributed by atoms with Crippen molar-refractivity contribution in [3.05, 3.63) is 33.8 Å². The van der Waals surface area contributed by atoms with Crippen LogP contribution < -0.4 is 0 Å². The molecule has 0 bridgehead atoms. The number of aliphatic hydroxyl groups excluding tert-OH is 1. The highest BCUT2D eigenvalue weighted by Gasteiger charge is 2.09. The zero-order valence-electron chi connectivity index (χ0n) is 6.12. The Morgan fingerprint density at radius 1 is 1.50 bits per heavy atom. The molecule has 0 aromatic heterocycles. The molecule has 0 unspecified atom stereocenters. The Morgan fingerprint density at radius 2 is 2.17 bits per heavy atom. The average Bonchev–Trinajstić information content (AvgIpc) is 2.04. The van der Waals surface area contributed by atoms with E-state index in [2.05, 4.69) is 15.9 Å². The van der Waals surface area contributed by atoms with Crippen LogP contribution in [0, 0.1) is 0 Å². The second-order valence-electron chi connectivity index (χ2n) is 2.24. The van der Waals surface area contributed by atoms with Crippen molar-refractivity contribution >= 4 is 21.9 Å². The topological polar surface area (TPSA) is 57.5 Å². The second kappa shape index (κ2) is 3.69. The maximum Gasteiger partial charge on any atom is 0.336 e. The van der Waals surface area contributed by atoms with Crippen molar-refractivity contribution in [1.82, 2.24) is 0 Å². The maximum absolute atomic E-state index is 10.6. The number of carbonyl (C=O) groups is 1. The van der Waals surface area contributed by atoms with E-state index in [4.69, 9.17) is 10.2 Å². The molecule has 3 nitrogen and oxygen atoms in total. The summed E-state index contributed by atoms with van der Waals surface area (Å²) in [7, 11) is 0. The van der Waals surface area contributed by atoms with Crippen LogP contribution >= 0.6 is 15.9 Å². The van der Waals surface area contributed by atoms with Crippen LogP contribution in [0.2, 0.25) is 0 Å². The summed E-state index contributed by atoms with van der Waals surface area (Å²) in [4.78, 5) is 10.6. The average molecular weight is 231 g/mol. The Balaban J connectivity index is 3.23. The van der Waals surface area contributed by atoms with Crippen LogP contribution in [0.4, 0.5) is 0 Å². The lowest BCUT2D eigenvalue weighted by Crippen LogP contribution is -1.99. The number of benzene rings is 1. The molecule has 0 saturated carbocycles. The van der Waals surface area contributed by atoms with Gasteiger partial charge in [-0.1, -0.05) is 12.1 Å². The molecule has 0 aliphatic heterocycles. The monoisotopic (exact) mass is 230 g/mol. The number of halogens is 1. The molecule has 2 N–H and O–H groups in total. The molecule has 12 heavy (non-hydrogen) atoms. The van der Waals surface area contributed by atoms with Gasteiger partial charge in [0.25, 0.3) is 0 Å². The van der Waals surface area contributed by atoms with Crippen molar-refractivity contribution in [1.29, 1.82) is 0 Å². The summed E-state index contributed by atoms with van der Waals surface area (Å²) >= 11 is 3.10. The first-order valence-electron chi connectivity index (χ1n) is 3.28. The van der Waals surface area contributed by atoms with E-state index in [-0.39, 0.29) is 12.2 Å². The molecule has 4 heteroatoms. The minimum Gasteiger partial charge on any atom is -0.478 e. The number of aromatic carboxylic acids is 1. The van der Waals surface area contributed by atoms with Gasteiger partial charge in [-0.2, -0.15) is 0 Å². The standard InChI is InChI=1S/C8H7BrO3/c9-7-5(4-10)2-1-3-6(7)8(11)12/h1-3,10H,4H2,(H,11,12). The lowest BCUT2D eigenvalue weighted by atomic mass is 10.1. The molecule has 0 aliphatic rings. The van der Waals surface area contributed by atoms with Crippen molar-refractivity contribution in [2.24, 2.45) is 0 Å². The van der Waals surface area contributed by atoms with Crippen molar-refractivity contribution in [3.8, 4) is 0 Å². The number of carboxylic acids is 1. The Bertz CT molecular complexity index is 309. The molecule has 0 heterocycles. The fourth-order valence-corrected chi connectivity index (χ4v) is 1.43. The molecule has 64 valence electrons. The van der Waals surface area contributed by atoms with Gasteiger partial charge in [-0.05, 0) is 27.6 Å². The smallest absolute Gasteiger partial charge is 0.336 e. The molecule has 0 atom stereocenters. The zero-order chi connectivity index (χ0) is 9.14. The van der Waals surface area contributed by atoms with Gasteiger partial charge in [-0.25, -0.2) is 4.79 Å². The van der Waals surface area contributed by atoms with Gasteiger partial charge in [0.05, 0.1) is 12.2 Å². The van der Waals surface area contributed by atoms with Gasteiger partial charge in [0.2, 0.25) is 0 Å². The van der Waals surface area contributed by atoms with Gasteiger partial charge in [0.1, 0.15) is 0 Å². The number of aliphatic hydroxyl groups is 1. The summed E-state index contributed by atoms with van der Waals surface area (Å²) in [6, 6.07) is 4.74. The molecule has 0 radical (unpaired) electrons. The summed E-state index contributed by atoms with van der Waals surface area (Å²) in [5.41, 5.74) is 0.747. The number of carboxylic acid groups (broad SMARTS) is 1. The van der Waals surface area contributed by atoms with Crippen molar-refractivity contribution in [2.75, 3.05) is 0 Å². The molecule has 1 rings (SSSR count). The van der Waals surface area contributed by atoms with Crippen LogP contribution in [0.1, 0.15) is 15.9 Å². The molecule has 0 fully saturated rings. The summed E-state index contributed by atoms with van der Waals surface area (Å²) < 4.78 is 0.444. The van der Waals surface area contributed by atoms with E-state index in [0.29, 0.717) is 10.0 Å². The number of hydrogen-bond acceptors (Lipinski definition) is 2. The minimum absolute atomic E-state index is 0.165. The lowest BCUT2D eigenvalue weighted by Gasteiger charge is -2.02. The molecular weight excluding hydrogens is 224 g/mol. The Hall–Kier alpha value is -0.870. The van der Waals surface area contributed by atoms with Crippen LogP contribution in [-0.2, 0) is 6.61 Å². The van der Waals surface area contributed by atoms with Crippen LogP contribution in [0.3, 0.4) is 0 Å². The molecular formula is C8H7BrO3. The molecule has 0 saturated heterocycles. The van der Waals surface area contributed by atoms with Gasteiger partial charge >= 0.3 is 5.97 Å². The number of hydrogen-bond donors (Lipinski definition) is 2. The Morgan fingerprint density at radius 3 is 2.67 bits per heavy atom. The lowest BCUT2D eigenvalue weighted by molar-refractivity contribution is 0.0695. The van der Waals surface area contributed by atoms with E-state index in [9.17, 15) is 4.79 Å². The Labute approximate surface area is 77.8 Å². The van der Waals surface area contributed by atoms with Crippen LogP contribution in [0.15, 0.2) is 22.7 Å². The number of rotatable bonds is 2. The fourth-order valence-electron chi connectivity index (χ4n) is 0.867. The van der Waals surface area contributed by atoms with Crippen molar-refractivity contribution in [2.45, 2.75) is 6.61 Å². The molecule has 0 spiro atoms. The first kappa shape index (κ1) is 9.22. The van der Waals surface area contributed by atoms with Crippen molar-refractivity contribution < 1.29 is 15.0 Å². The molecule has 0 amide bonds. The SMILES string of the molecule is O=C(O)c1cccc(CO)c1Br. The minimum atomic E-state index is -1.00. The van der Waals surface area contributed by atoms with Gasteiger partial charge in [-0.3, -0.25) is 0 Å². The maximum atomic E-state index is 10.6. The summed E-state index contributed by atoms with van der Waals surface area (Å²) in [5, 5.41) is 17.5.